The number of hydrogen-bond acceptors (Lipinski definition) is 7. The number of furan rings is 1. The van der Waals surface area contributed by atoms with Crippen LogP contribution >= 0.6 is 24.0 Å². The second-order valence-electron chi connectivity index (χ2n) is 9.02. The highest BCUT2D eigenvalue weighted by Crippen LogP contribution is 2.66. The molecule has 0 saturated carbocycles. The smallest absolute Gasteiger partial charge is 0.254 e. The molecule has 10 heteroatoms. The molecule has 178 valence electrons. The lowest BCUT2D eigenvalue weighted by atomic mass is 9.72. The molecule has 1 aromatic carbocycles. The van der Waals surface area contributed by atoms with Crippen molar-refractivity contribution in [3.8, 4) is 0 Å². The standard InChI is InChI=1S/C25H21FN4O3S2/c1-28-14-19(15-7-9-27-10-8-15)25(22(32)30(23(34)35-25)13-17-4-3-11-33-17)24(28)18-12-16(26)5-6-20(18)29(2)21(24)31/h3-12,19H,13-14H2,1-2H3/t19-,24-,25+/m0/s1. The number of benzene rings is 1. The van der Waals surface area contributed by atoms with Crippen LogP contribution in [0.4, 0.5) is 10.1 Å². The molecule has 6 rings (SSSR count). The number of likely N-dealkylation sites (N-methyl/N-ethyl adjacent to an activating group) is 2. The number of amides is 2. The van der Waals surface area contributed by atoms with E-state index < -0.39 is 22.0 Å². The lowest BCUT2D eigenvalue weighted by molar-refractivity contribution is -0.139. The third-order valence-corrected chi connectivity index (χ3v) is 9.36. The van der Waals surface area contributed by atoms with Gasteiger partial charge >= 0.3 is 0 Å². The maximum absolute atomic E-state index is 14.7. The Morgan fingerprint density at radius 3 is 2.66 bits per heavy atom. The van der Waals surface area contributed by atoms with Crippen LogP contribution in [0.15, 0.2) is 65.5 Å². The van der Waals surface area contributed by atoms with Crippen molar-refractivity contribution in [1.82, 2.24) is 14.8 Å². The number of fused-ring (bicyclic) bond motifs is 3. The van der Waals surface area contributed by atoms with Crippen molar-refractivity contribution in [1.29, 1.82) is 0 Å². The van der Waals surface area contributed by atoms with E-state index in [0.29, 0.717) is 27.9 Å². The fraction of sp³-hybridized carbons (Fsp3) is 0.280. The summed E-state index contributed by atoms with van der Waals surface area (Å²) in [7, 11) is 3.49. The number of nitrogens with zero attached hydrogens (tertiary/aromatic N) is 4. The van der Waals surface area contributed by atoms with E-state index in [1.165, 1.54) is 33.7 Å². The number of aromatic nitrogens is 1. The Kier molecular flexibility index (Phi) is 4.93. The van der Waals surface area contributed by atoms with Gasteiger partial charge in [-0.1, -0.05) is 24.0 Å². The Hall–Kier alpha value is -3.08. The minimum absolute atomic E-state index is 0.155. The van der Waals surface area contributed by atoms with E-state index in [4.69, 9.17) is 16.6 Å². The highest BCUT2D eigenvalue weighted by Gasteiger charge is 2.78. The van der Waals surface area contributed by atoms with E-state index in [9.17, 15) is 14.0 Å². The molecule has 2 amide bonds. The van der Waals surface area contributed by atoms with Crippen molar-refractivity contribution in [2.75, 3.05) is 25.5 Å². The van der Waals surface area contributed by atoms with Crippen LogP contribution < -0.4 is 4.90 Å². The average Bonchev–Trinajstić information content (AvgIpc) is 3.57. The second kappa shape index (κ2) is 7.71. The fourth-order valence-corrected chi connectivity index (χ4v) is 8.09. The number of rotatable bonds is 3. The fourth-order valence-electron chi connectivity index (χ4n) is 5.96. The number of pyridine rings is 1. The van der Waals surface area contributed by atoms with Crippen LogP contribution in [0.5, 0.6) is 0 Å². The summed E-state index contributed by atoms with van der Waals surface area (Å²) in [4.78, 5) is 37.9. The predicted molar refractivity (Wildman–Crippen MR) is 133 cm³/mol. The number of hydrogen-bond donors (Lipinski definition) is 0. The maximum Gasteiger partial charge on any atom is 0.254 e. The molecule has 2 saturated heterocycles. The van der Waals surface area contributed by atoms with Gasteiger partial charge in [-0.3, -0.25) is 24.4 Å². The molecule has 0 radical (unpaired) electrons. The second-order valence-corrected chi connectivity index (χ2v) is 10.9. The summed E-state index contributed by atoms with van der Waals surface area (Å²) in [6.07, 6.45) is 4.89. The van der Waals surface area contributed by atoms with Gasteiger partial charge in [0.15, 0.2) is 5.54 Å². The van der Waals surface area contributed by atoms with Gasteiger partial charge in [-0.05, 0) is 55.1 Å². The van der Waals surface area contributed by atoms with Gasteiger partial charge in [0.25, 0.3) is 5.91 Å². The molecular weight excluding hydrogens is 487 g/mol. The minimum Gasteiger partial charge on any atom is -0.467 e. The van der Waals surface area contributed by atoms with E-state index in [-0.39, 0.29) is 18.4 Å². The van der Waals surface area contributed by atoms with Crippen LogP contribution in [0, 0.1) is 5.82 Å². The molecule has 5 heterocycles. The first-order valence-electron chi connectivity index (χ1n) is 11.1. The van der Waals surface area contributed by atoms with Gasteiger partial charge < -0.3 is 9.32 Å². The van der Waals surface area contributed by atoms with Gasteiger partial charge in [-0.2, -0.15) is 0 Å². The first-order chi connectivity index (χ1) is 16.8. The summed E-state index contributed by atoms with van der Waals surface area (Å²) < 4.78 is 19.2. The summed E-state index contributed by atoms with van der Waals surface area (Å²) in [5.41, 5.74) is 0.485. The summed E-state index contributed by atoms with van der Waals surface area (Å²) >= 11 is 6.98. The number of carbonyl (C=O) groups is 2. The van der Waals surface area contributed by atoms with Crippen LogP contribution in [0.1, 0.15) is 22.8 Å². The van der Waals surface area contributed by atoms with Crippen molar-refractivity contribution >= 4 is 45.8 Å². The summed E-state index contributed by atoms with van der Waals surface area (Å²) in [6, 6.07) is 11.6. The van der Waals surface area contributed by atoms with Crippen LogP contribution in [0.3, 0.4) is 0 Å². The monoisotopic (exact) mass is 508 g/mol. The van der Waals surface area contributed by atoms with Gasteiger partial charge in [0.2, 0.25) is 5.91 Å². The first kappa shape index (κ1) is 22.4. The van der Waals surface area contributed by atoms with Crippen LogP contribution in [0.2, 0.25) is 0 Å². The van der Waals surface area contributed by atoms with Gasteiger partial charge in [0.05, 0.1) is 12.8 Å². The van der Waals surface area contributed by atoms with Crippen molar-refractivity contribution in [3.63, 3.8) is 0 Å². The normalized spacial score (nSPS) is 28.2. The molecule has 2 fully saturated rings. The Labute approximate surface area is 210 Å². The summed E-state index contributed by atoms with van der Waals surface area (Å²) in [5.74, 6) is -0.846. The molecular formula is C25H21FN4O3S2. The van der Waals surface area contributed by atoms with Crippen LogP contribution in [-0.4, -0.2) is 56.3 Å². The Morgan fingerprint density at radius 2 is 1.94 bits per heavy atom. The molecule has 3 aromatic rings. The van der Waals surface area contributed by atoms with Gasteiger partial charge in [0, 0.05) is 43.2 Å². The zero-order valence-electron chi connectivity index (χ0n) is 19.0. The Morgan fingerprint density at radius 1 is 1.17 bits per heavy atom. The SMILES string of the molecule is CN1C(=O)[C@]2(c3cc(F)ccc31)N(C)C[C@@H](c1ccncc1)[C@]21SC(=S)N(Cc2ccco2)C1=O. The highest BCUT2D eigenvalue weighted by atomic mass is 32.2. The molecule has 3 atom stereocenters. The third kappa shape index (κ3) is 2.75. The van der Waals surface area contributed by atoms with E-state index >= 15 is 0 Å². The molecule has 35 heavy (non-hydrogen) atoms. The predicted octanol–water partition coefficient (Wildman–Crippen LogP) is 3.51. The number of thioether (sulfide) groups is 1. The lowest BCUT2D eigenvalue weighted by Crippen LogP contribution is -2.62. The van der Waals surface area contributed by atoms with Crippen molar-refractivity contribution in [3.05, 3.63) is 83.8 Å². The van der Waals surface area contributed by atoms with Crippen LogP contribution in [0.25, 0.3) is 0 Å². The number of carbonyl (C=O) groups excluding carboxylic acids is 2. The molecule has 0 aliphatic carbocycles. The minimum atomic E-state index is -1.45. The molecule has 2 spiro atoms. The van der Waals surface area contributed by atoms with E-state index in [1.54, 1.807) is 43.9 Å². The number of halogens is 1. The van der Waals surface area contributed by atoms with E-state index in [1.807, 2.05) is 24.1 Å². The lowest BCUT2D eigenvalue weighted by Gasteiger charge is -2.42. The quantitative estimate of drug-likeness (QED) is 0.502. The zero-order valence-corrected chi connectivity index (χ0v) is 20.6. The van der Waals surface area contributed by atoms with Crippen molar-refractivity contribution in [2.24, 2.45) is 0 Å². The van der Waals surface area contributed by atoms with E-state index in [2.05, 4.69) is 4.98 Å². The average molecular weight is 509 g/mol. The molecule has 0 N–H and O–H groups in total. The first-order valence-corrected chi connectivity index (χ1v) is 12.3. The zero-order chi connectivity index (χ0) is 24.5. The maximum atomic E-state index is 14.7. The topological polar surface area (TPSA) is 69.9 Å². The molecule has 2 aromatic heterocycles. The molecule has 0 unspecified atom stereocenters. The molecule has 7 nitrogen and oxygen atoms in total. The number of likely N-dealkylation sites (tertiary alicyclic amines) is 1. The molecule has 3 aliphatic heterocycles. The number of anilines is 1. The van der Waals surface area contributed by atoms with Crippen molar-refractivity contribution < 1.29 is 18.4 Å². The number of thiocarbonyl (C=S) groups is 1. The van der Waals surface area contributed by atoms with Gasteiger partial charge in [-0.25, -0.2) is 4.39 Å². The summed E-state index contributed by atoms with van der Waals surface area (Å²) in [5, 5.41) is 0. The largest absolute Gasteiger partial charge is 0.467 e. The Bertz CT molecular complexity index is 1370. The van der Waals surface area contributed by atoms with E-state index in [0.717, 1.165) is 5.56 Å². The Balaban J connectivity index is 1.62. The van der Waals surface area contributed by atoms with Crippen molar-refractivity contribution in [2.45, 2.75) is 22.7 Å². The highest BCUT2D eigenvalue weighted by molar-refractivity contribution is 8.25. The molecule has 3 aliphatic rings. The van der Waals surface area contributed by atoms with Gasteiger partial charge in [-0.15, -0.1) is 0 Å². The van der Waals surface area contributed by atoms with Gasteiger partial charge in [0.1, 0.15) is 20.6 Å². The summed E-state index contributed by atoms with van der Waals surface area (Å²) in [6.45, 7) is 0.553. The third-order valence-electron chi connectivity index (χ3n) is 7.42. The molecule has 0 bridgehead atoms. The van der Waals surface area contributed by atoms with Crippen LogP contribution in [-0.2, 0) is 21.7 Å².